The Morgan fingerprint density at radius 3 is 2.72 bits per heavy atom. The molecule has 7 nitrogen and oxygen atoms in total. The van der Waals surface area contributed by atoms with Gasteiger partial charge in [-0.05, 0) is 52.3 Å². The number of likely N-dealkylation sites (tertiary alicyclic amines) is 1. The van der Waals surface area contributed by atoms with E-state index in [1.165, 1.54) is 5.56 Å². The maximum Gasteiger partial charge on any atom is 0.236 e. The minimum absolute atomic E-state index is 0.106. The van der Waals surface area contributed by atoms with Gasteiger partial charge in [0.2, 0.25) is 11.8 Å². The summed E-state index contributed by atoms with van der Waals surface area (Å²) >= 11 is 0. The molecule has 0 saturated carbocycles. The summed E-state index contributed by atoms with van der Waals surface area (Å²) in [5.41, 5.74) is 3.12. The van der Waals surface area contributed by atoms with Crippen molar-refractivity contribution in [1.29, 1.82) is 0 Å². The SMILES string of the molecule is Cc1nc(C2CCCN(C(=O)CN(C)C)C2)nc2c1CC(=O)N2CCCc1ccccc1. The highest BCUT2D eigenvalue weighted by atomic mass is 16.2. The number of nitrogens with zero attached hydrogens (tertiary/aromatic N) is 5. The highest BCUT2D eigenvalue weighted by molar-refractivity contribution is 6.00. The normalized spacial score (nSPS) is 18.4. The van der Waals surface area contributed by atoms with Crippen molar-refractivity contribution < 1.29 is 9.59 Å². The second-order valence-corrected chi connectivity index (χ2v) is 9.20. The quantitative estimate of drug-likeness (QED) is 0.669. The van der Waals surface area contributed by atoms with E-state index in [4.69, 9.17) is 9.97 Å². The van der Waals surface area contributed by atoms with Gasteiger partial charge in [0.15, 0.2) is 0 Å². The average Bonchev–Trinajstić information content (AvgIpc) is 3.10. The first-order chi connectivity index (χ1) is 15.4. The lowest BCUT2D eigenvalue weighted by Gasteiger charge is -2.33. The predicted molar refractivity (Wildman–Crippen MR) is 125 cm³/mol. The summed E-state index contributed by atoms with van der Waals surface area (Å²) in [6, 6.07) is 10.4. The minimum atomic E-state index is 0.106. The molecule has 32 heavy (non-hydrogen) atoms. The number of rotatable bonds is 7. The molecule has 1 aromatic carbocycles. The molecule has 2 aromatic rings. The molecule has 3 heterocycles. The van der Waals surface area contributed by atoms with Crippen LogP contribution in [0.25, 0.3) is 0 Å². The molecule has 1 atom stereocenters. The van der Waals surface area contributed by atoms with Gasteiger partial charge < -0.3 is 9.80 Å². The Bertz CT molecular complexity index is 976. The van der Waals surface area contributed by atoms with Gasteiger partial charge in [-0.3, -0.25) is 14.5 Å². The Kier molecular flexibility index (Phi) is 6.84. The van der Waals surface area contributed by atoms with Crippen LogP contribution in [0.3, 0.4) is 0 Å². The fourth-order valence-corrected chi connectivity index (χ4v) is 4.68. The molecule has 7 heteroatoms. The van der Waals surface area contributed by atoms with Crippen molar-refractivity contribution >= 4 is 17.6 Å². The Hall–Kier alpha value is -2.80. The molecular weight excluding hydrogens is 402 g/mol. The molecule has 0 radical (unpaired) electrons. The molecule has 0 aliphatic carbocycles. The summed E-state index contributed by atoms with van der Waals surface area (Å²) in [4.78, 5) is 40.7. The highest BCUT2D eigenvalue weighted by Crippen LogP contribution is 2.33. The van der Waals surface area contributed by atoms with Crippen LogP contribution in [0.15, 0.2) is 30.3 Å². The first kappa shape index (κ1) is 22.4. The van der Waals surface area contributed by atoms with Crippen molar-refractivity contribution in [3.63, 3.8) is 0 Å². The lowest BCUT2D eigenvalue weighted by atomic mass is 9.96. The number of aromatic nitrogens is 2. The van der Waals surface area contributed by atoms with E-state index in [2.05, 4.69) is 12.1 Å². The van der Waals surface area contributed by atoms with Gasteiger partial charge in [0.25, 0.3) is 0 Å². The highest BCUT2D eigenvalue weighted by Gasteiger charge is 2.33. The number of piperidine rings is 1. The molecule has 2 aliphatic rings. The smallest absolute Gasteiger partial charge is 0.236 e. The molecule has 1 aromatic heterocycles. The van der Waals surface area contributed by atoms with Gasteiger partial charge in [-0.2, -0.15) is 0 Å². The van der Waals surface area contributed by atoms with Gasteiger partial charge in [0, 0.05) is 36.8 Å². The van der Waals surface area contributed by atoms with Crippen LogP contribution >= 0.6 is 0 Å². The number of hydrogen-bond acceptors (Lipinski definition) is 5. The van der Waals surface area contributed by atoms with Crippen molar-refractivity contribution in [2.45, 2.75) is 44.9 Å². The number of fused-ring (bicyclic) bond motifs is 1. The molecule has 2 amide bonds. The third kappa shape index (κ3) is 4.99. The summed E-state index contributed by atoms with van der Waals surface area (Å²) in [5.74, 6) is 1.92. The summed E-state index contributed by atoms with van der Waals surface area (Å²) in [6.07, 6.45) is 4.12. The average molecular weight is 436 g/mol. The summed E-state index contributed by atoms with van der Waals surface area (Å²) < 4.78 is 0. The monoisotopic (exact) mass is 435 g/mol. The number of aryl methyl sites for hydroxylation is 2. The van der Waals surface area contributed by atoms with Crippen molar-refractivity contribution in [2.24, 2.45) is 0 Å². The van der Waals surface area contributed by atoms with Crippen LogP contribution in [-0.2, 0) is 22.4 Å². The standard InChI is InChI=1S/C25H33N5O2/c1-18-21-15-22(31)30(14-7-11-19-9-5-4-6-10-19)25(21)27-24(26-18)20-12-8-13-29(16-20)23(32)17-28(2)3/h4-6,9-10,20H,7-8,11-17H2,1-3H3. The lowest BCUT2D eigenvalue weighted by Crippen LogP contribution is -2.43. The molecule has 1 unspecified atom stereocenters. The Balaban J connectivity index is 1.48. The lowest BCUT2D eigenvalue weighted by molar-refractivity contribution is -0.133. The predicted octanol–water partition coefficient (Wildman–Crippen LogP) is 2.57. The van der Waals surface area contributed by atoms with E-state index in [0.29, 0.717) is 26.1 Å². The zero-order valence-corrected chi connectivity index (χ0v) is 19.4. The van der Waals surface area contributed by atoms with Gasteiger partial charge in [-0.1, -0.05) is 30.3 Å². The number of amides is 2. The Labute approximate surface area is 190 Å². The van der Waals surface area contributed by atoms with Gasteiger partial charge in [-0.15, -0.1) is 0 Å². The molecule has 0 N–H and O–H groups in total. The Morgan fingerprint density at radius 1 is 1.19 bits per heavy atom. The van der Waals surface area contributed by atoms with E-state index in [1.807, 2.05) is 53.9 Å². The third-order valence-corrected chi connectivity index (χ3v) is 6.37. The number of anilines is 1. The maximum atomic E-state index is 12.8. The van der Waals surface area contributed by atoms with Crippen molar-refractivity contribution in [3.8, 4) is 0 Å². The maximum absolute atomic E-state index is 12.8. The molecular formula is C25H33N5O2. The van der Waals surface area contributed by atoms with Gasteiger partial charge >= 0.3 is 0 Å². The van der Waals surface area contributed by atoms with Crippen molar-refractivity contribution in [1.82, 2.24) is 19.8 Å². The molecule has 4 rings (SSSR count). The summed E-state index contributed by atoms with van der Waals surface area (Å²) in [7, 11) is 3.82. The number of benzene rings is 1. The van der Waals surface area contributed by atoms with Crippen LogP contribution in [-0.4, -0.2) is 71.9 Å². The van der Waals surface area contributed by atoms with Gasteiger partial charge in [0.05, 0.1) is 13.0 Å². The molecule has 1 fully saturated rings. The van der Waals surface area contributed by atoms with E-state index in [0.717, 1.165) is 55.1 Å². The third-order valence-electron chi connectivity index (χ3n) is 6.37. The van der Waals surface area contributed by atoms with Crippen LogP contribution in [0.4, 0.5) is 5.82 Å². The fourth-order valence-electron chi connectivity index (χ4n) is 4.68. The Morgan fingerprint density at radius 2 is 1.97 bits per heavy atom. The number of hydrogen-bond donors (Lipinski definition) is 0. The minimum Gasteiger partial charge on any atom is -0.341 e. The molecule has 0 bridgehead atoms. The zero-order valence-electron chi connectivity index (χ0n) is 19.4. The topological polar surface area (TPSA) is 69.6 Å². The molecule has 1 saturated heterocycles. The summed E-state index contributed by atoms with van der Waals surface area (Å²) in [6.45, 7) is 4.49. The molecule has 2 aliphatic heterocycles. The van der Waals surface area contributed by atoms with Gasteiger partial charge in [0.1, 0.15) is 11.6 Å². The molecule has 0 spiro atoms. The number of likely N-dealkylation sites (N-methyl/N-ethyl adjacent to an activating group) is 1. The largest absolute Gasteiger partial charge is 0.341 e. The van der Waals surface area contributed by atoms with E-state index >= 15 is 0 Å². The fraction of sp³-hybridized carbons (Fsp3) is 0.520. The first-order valence-electron chi connectivity index (χ1n) is 11.6. The number of carbonyl (C=O) groups is 2. The van der Waals surface area contributed by atoms with E-state index in [-0.39, 0.29) is 17.7 Å². The van der Waals surface area contributed by atoms with E-state index < -0.39 is 0 Å². The second-order valence-electron chi connectivity index (χ2n) is 9.20. The zero-order chi connectivity index (χ0) is 22.7. The van der Waals surface area contributed by atoms with E-state index in [9.17, 15) is 9.59 Å². The van der Waals surface area contributed by atoms with Crippen LogP contribution in [0.2, 0.25) is 0 Å². The second kappa shape index (κ2) is 9.77. The van der Waals surface area contributed by atoms with Crippen LogP contribution in [0.1, 0.15) is 47.8 Å². The molecule has 170 valence electrons. The first-order valence-corrected chi connectivity index (χ1v) is 11.6. The van der Waals surface area contributed by atoms with Crippen LogP contribution < -0.4 is 4.90 Å². The van der Waals surface area contributed by atoms with Crippen LogP contribution in [0, 0.1) is 6.92 Å². The van der Waals surface area contributed by atoms with E-state index in [1.54, 1.807) is 0 Å². The summed E-state index contributed by atoms with van der Waals surface area (Å²) in [5, 5.41) is 0. The van der Waals surface area contributed by atoms with Crippen LogP contribution in [0.5, 0.6) is 0 Å². The number of carbonyl (C=O) groups excluding carboxylic acids is 2. The van der Waals surface area contributed by atoms with Crippen molar-refractivity contribution in [3.05, 3.63) is 53.0 Å². The van der Waals surface area contributed by atoms with Gasteiger partial charge in [-0.25, -0.2) is 9.97 Å². The van der Waals surface area contributed by atoms with Crippen molar-refractivity contribution in [2.75, 3.05) is 45.2 Å².